The minimum atomic E-state index is -6.00. The number of aryl methyl sites for hydroxylation is 2. The first-order valence-electron chi connectivity index (χ1n) is 7.16. The van der Waals surface area contributed by atoms with Crippen molar-refractivity contribution in [1.29, 1.82) is 0 Å². The summed E-state index contributed by atoms with van der Waals surface area (Å²) in [6, 6.07) is 15.1. The van der Waals surface area contributed by atoms with Gasteiger partial charge in [-0.05, 0) is 11.1 Å². The molecule has 0 N–H and O–H groups in total. The summed E-state index contributed by atoms with van der Waals surface area (Å²) in [6.07, 6.45) is 1.18. The van der Waals surface area contributed by atoms with Gasteiger partial charge in [-0.15, -0.1) is 0 Å². The second kappa shape index (κ2) is 7.96. The summed E-state index contributed by atoms with van der Waals surface area (Å²) < 4.78 is 41.4. The molecular formula is C16H20BF4N. The number of pyridine rings is 1. The highest BCUT2D eigenvalue weighted by Gasteiger charge is 2.20. The monoisotopic (exact) mass is 313 g/mol. The number of halogens is 4. The topological polar surface area (TPSA) is 3.88 Å². The van der Waals surface area contributed by atoms with Gasteiger partial charge in [0, 0.05) is 32.4 Å². The summed E-state index contributed by atoms with van der Waals surface area (Å²) in [7, 11) is -6.00. The van der Waals surface area contributed by atoms with Gasteiger partial charge in [0.1, 0.15) is 6.54 Å². The van der Waals surface area contributed by atoms with Crippen molar-refractivity contribution in [2.45, 2.75) is 33.7 Å². The Morgan fingerprint density at radius 3 is 1.73 bits per heavy atom. The van der Waals surface area contributed by atoms with Crippen molar-refractivity contribution < 1.29 is 21.8 Å². The third kappa shape index (κ3) is 6.29. The predicted molar refractivity (Wildman–Crippen MR) is 82.0 cm³/mol. The van der Waals surface area contributed by atoms with Gasteiger partial charge in [0.15, 0.2) is 11.4 Å². The molecule has 0 aliphatic rings. The number of rotatable bonds is 3. The van der Waals surface area contributed by atoms with Crippen LogP contribution in [0.3, 0.4) is 0 Å². The number of hydrogen-bond acceptors (Lipinski definition) is 0. The standard InChI is InChI=1S/C16H20N.BF4/c1-4-10-17-13(2)11-16(12-14(17)3)15-8-6-5-7-9-15;2-1(3,4)5/h5-9,11-12H,4,10H2,1-3H3;/q+1;-1. The SMILES string of the molecule is CCC[n+]1c(C)cc(-c2ccccc2)cc1C.F[B-](F)(F)F. The zero-order chi connectivity index (χ0) is 16.8. The molecule has 2 aromatic rings. The normalized spacial score (nSPS) is 10.9. The van der Waals surface area contributed by atoms with Crippen LogP contribution in [0.5, 0.6) is 0 Å². The Morgan fingerprint density at radius 1 is 0.864 bits per heavy atom. The van der Waals surface area contributed by atoms with Crippen LogP contribution in [-0.2, 0) is 6.54 Å². The van der Waals surface area contributed by atoms with Crippen LogP contribution in [0, 0.1) is 13.8 Å². The maximum Gasteiger partial charge on any atom is 0.673 e. The summed E-state index contributed by atoms with van der Waals surface area (Å²) >= 11 is 0. The molecule has 1 heterocycles. The molecule has 1 aromatic carbocycles. The summed E-state index contributed by atoms with van der Waals surface area (Å²) in [5.41, 5.74) is 5.28. The molecule has 0 amide bonds. The molecule has 0 aliphatic heterocycles. The van der Waals surface area contributed by atoms with Crippen molar-refractivity contribution in [2.75, 3.05) is 0 Å². The van der Waals surface area contributed by atoms with E-state index in [1.165, 1.54) is 28.9 Å². The third-order valence-electron chi connectivity index (χ3n) is 3.13. The summed E-state index contributed by atoms with van der Waals surface area (Å²) in [4.78, 5) is 0. The Hall–Kier alpha value is -1.85. The van der Waals surface area contributed by atoms with Crippen LogP contribution in [-0.4, -0.2) is 7.25 Å². The molecule has 0 unspecified atom stereocenters. The largest absolute Gasteiger partial charge is 0.673 e. The van der Waals surface area contributed by atoms with E-state index in [0.29, 0.717) is 0 Å². The zero-order valence-electron chi connectivity index (χ0n) is 13.0. The Kier molecular flexibility index (Phi) is 6.59. The average Bonchev–Trinajstić information content (AvgIpc) is 2.42. The lowest BCUT2D eigenvalue weighted by Crippen LogP contribution is -2.40. The van der Waals surface area contributed by atoms with E-state index >= 15 is 0 Å². The highest BCUT2D eigenvalue weighted by molar-refractivity contribution is 6.50. The molecule has 0 saturated heterocycles. The molecule has 0 aliphatic carbocycles. The van der Waals surface area contributed by atoms with Gasteiger partial charge in [-0.2, -0.15) is 0 Å². The zero-order valence-corrected chi connectivity index (χ0v) is 13.0. The van der Waals surface area contributed by atoms with Crippen molar-refractivity contribution in [2.24, 2.45) is 0 Å². The molecule has 1 aromatic heterocycles. The van der Waals surface area contributed by atoms with Gasteiger partial charge in [0.2, 0.25) is 0 Å². The van der Waals surface area contributed by atoms with Gasteiger partial charge >= 0.3 is 7.25 Å². The van der Waals surface area contributed by atoms with Crippen LogP contribution in [0.1, 0.15) is 24.7 Å². The van der Waals surface area contributed by atoms with E-state index in [2.05, 4.69) is 67.8 Å². The van der Waals surface area contributed by atoms with Crippen LogP contribution >= 0.6 is 0 Å². The summed E-state index contributed by atoms with van der Waals surface area (Å²) in [6.45, 7) is 7.70. The first-order valence-corrected chi connectivity index (χ1v) is 7.16. The first kappa shape index (κ1) is 18.2. The van der Waals surface area contributed by atoms with Crippen LogP contribution in [0.4, 0.5) is 17.3 Å². The number of benzene rings is 1. The Morgan fingerprint density at radius 2 is 1.32 bits per heavy atom. The van der Waals surface area contributed by atoms with Gasteiger partial charge in [-0.25, -0.2) is 4.57 Å². The summed E-state index contributed by atoms with van der Waals surface area (Å²) in [5.74, 6) is 0. The fourth-order valence-electron chi connectivity index (χ4n) is 2.30. The Bertz CT molecular complexity index is 568. The fraction of sp³-hybridized carbons (Fsp3) is 0.312. The molecular weight excluding hydrogens is 293 g/mol. The van der Waals surface area contributed by atoms with E-state index in [9.17, 15) is 17.3 Å². The van der Waals surface area contributed by atoms with Gasteiger partial charge in [0.25, 0.3) is 0 Å². The highest BCUT2D eigenvalue weighted by atomic mass is 19.5. The van der Waals surface area contributed by atoms with E-state index in [1.54, 1.807) is 0 Å². The lowest BCUT2D eigenvalue weighted by Gasteiger charge is -2.07. The van der Waals surface area contributed by atoms with Crippen molar-refractivity contribution in [3.05, 3.63) is 53.9 Å². The Labute approximate surface area is 128 Å². The van der Waals surface area contributed by atoms with Crippen molar-refractivity contribution in [3.8, 4) is 11.1 Å². The molecule has 6 heteroatoms. The van der Waals surface area contributed by atoms with Crippen LogP contribution in [0.25, 0.3) is 11.1 Å². The van der Waals surface area contributed by atoms with Crippen molar-refractivity contribution in [3.63, 3.8) is 0 Å². The lowest BCUT2D eigenvalue weighted by molar-refractivity contribution is -0.708. The van der Waals surface area contributed by atoms with E-state index in [4.69, 9.17) is 0 Å². The molecule has 0 saturated carbocycles. The maximum absolute atomic E-state index is 9.75. The second-order valence-corrected chi connectivity index (χ2v) is 5.04. The molecule has 22 heavy (non-hydrogen) atoms. The fourth-order valence-corrected chi connectivity index (χ4v) is 2.30. The minimum Gasteiger partial charge on any atom is -0.418 e. The van der Waals surface area contributed by atoms with Crippen molar-refractivity contribution in [1.82, 2.24) is 0 Å². The van der Waals surface area contributed by atoms with Gasteiger partial charge in [-0.1, -0.05) is 37.3 Å². The van der Waals surface area contributed by atoms with E-state index in [-0.39, 0.29) is 0 Å². The minimum absolute atomic E-state index is 1.10. The molecule has 0 radical (unpaired) electrons. The predicted octanol–water partition coefficient (Wildman–Crippen LogP) is 4.97. The quantitative estimate of drug-likeness (QED) is 0.428. The molecule has 0 spiro atoms. The van der Waals surface area contributed by atoms with E-state index in [0.717, 1.165) is 6.54 Å². The van der Waals surface area contributed by atoms with E-state index < -0.39 is 7.25 Å². The molecule has 120 valence electrons. The van der Waals surface area contributed by atoms with Crippen LogP contribution in [0.15, 0.2) is 42.5 Å². The molecule has 0 atom stereocenters. The lowest BCUT2D eigenvalue weighted by atomic mass is 10.0. The second-order valence-electron chi connectivity index (χ2n) is 5.04. The molecule has 0 fully saturated rings. The first-order chi connectivity index (χ1) is 10.2. The van der Waals surface area contributed by atoms with Gasteiger partial charge in [-0.3, -0.25) is 0 Å². The number of nitrogens with zero attached hydrogens (tertiary/aromatic N) is 1. The van der Waals surface area contributed by atoms with Gasteiger partial charge < -0.3 is 17.3 Å². The summed E-state index contributed by atoms with van der Waals surface area (Å²) in [5, 5.41) is 0. The highest BCUT2D eigenvalue weighted by Crippen LogP contribution is 2.19. The smallest absolute Gasteiger partial charge is 0.418 e. The van der Waals surface area contributed by atoms with Crippen LogP contribution in [0.2, 0.25) is 0 Å². The third-order valence-corrected chi connectivity index (χ3v) is 3.13. The average molecular weight is 313 g/mol. The Balaban J connectivity index is 0.000000422. The maximum atomic E-state index is 9.75. The van der Waals surface area contributed by atoms with Crippen LogP contribution < -0.4 is 4.57 Å². The van der Waals surface area contributed by atoms with Gasteiger partial charge in [0.05, 0.1) is 0 Å². The molecule has 0 bridgehead atoms. The number of hydrogen-bond donors (Lipinski definition) is 0. The van der Waals surface area contributed by atoms with E-state index in [1.807, 2.05) is 0 Å². The van der Waals surface area contributed by atoms with Crippen molar-refractivity contribution >= 4 is 7.25 Å². The molecule has 2 rings (SSSR count). The number of aromatic nitrogens is 1. The molecule has 1 nitrogen and oxygen atoms in total.